The quantitative estimate of drug-likeness (QED) is 0.866. The van der Waals surface area contributed by atoms with Gasteiger partial charge in [0, 0.05) is 31.0 Å². The van der Waals surface area contributed by atoms with Crippen molar-refractivity contribution in [3.05, 3.63) is 18.5 Å². The summed E-state index contributed by atoms with van der Waals surface area (Å²) in [6.07, 6.45) is 13.6. The first kappa shape index (κ1) is 14.1. The van der Waals surface area contributed by atoms with Crippen molar-refractivity contribution in [1.29, 1.82) is 0 Å². The van der Waals surface area contributed by atoms with Gasteiger partial charge in [0.25, 0.3) is 0 Å². The van der Waals surface area contributed by atoms with Crippen LogP contribution in [0.25, 0.3) is 0 Å². The average Bonchev–Trinajstić information content (AvgIpc) is 3.02. The smallest absolute Gasteiger partial charge is 0.0534 e. The molecular formula is C16H28N4. The molecule has 1 aliphatic heterocycles. The zero-order valence-corrected chi connectivity index (χ0v) is 12.4. The number of hydrogen-bond acceptors (Lipinski definition) is 3. The van der Waals surface area contributed by atoms with Crippen molar-refractivity contribution >= 4 is 0 Å². The van der Waals surface area contributed by atoms with Crippen molar-refractivity contribution in [2.45, 2.75) is 63.6 Å². The van der Waals surface area contributed by atoms with E-state index in [1.165, 1.54) is 51.5 Å². The highest BCUT2D eigenvalue weighted by Crippen LogP contribution is 2.30. The molecule has 2 heterocycles. The van der Waals surface area contributed by atoms with E-state index in [0.29, 0.717) is 6.04 Å². The highest BCUT2D eigenvalue weighted by Gasteiger charge is 2.31. The van der Waals surface area contributed by atoms with Crippen LogP contribution in [0, 0.1) is 5.92 Å². The summed E-state index contributed by atoms with van der Waals surface area (Å²) < 4.78 is 2.02. The average molecular weight is 276 g/mol. The van der Waals surface area contributed by atoms with E-state index in [9.17, 15) is 0 Å². The molecule has 20 heavy (non-hydrogen) atoms. The second-order valence-electron chi connectivity index (χ2n) is 6.33. The first-order valence-corrected chi connectivity index (χ1v) is 8.38. The summed E-state index contributed by atoms with van der Waals surface area (Å²) in [5.74, 6) is 0.835. The van der Waals surface area contributed by atoms with E-state index in [1.54, 1.807) is 0 Å². The van der Waals surface area contributed by atoms with Gasteiger partial charge in [0.2, 0.25) is 0 Å². The molecule has 3 rings (SSSR count). The monoisotopic (exact) mass is 276 g/mol. The lowest BCUT2D eigenvalue weighted by Crippen LogP contribution is -2.51. The van der Waals surface area contributed by atoms with E-state index in [4.69, 9.17) is 0 Å². The minimum absolute atomic E-state index is 0.704. The number of nitrogens with zero attached hydrogens (tertiary/aromatic N) is 2. The lowest BCUT2D eigenvalue weighted by molar-refractivity contribution is 0.181. The molecule has 1 saturated heterocycles. The van der Waals surface area contributed by atoms with Gasteiger partial charge in [0.05, 0.1) is 6.54 Å². The Morgan fingerprint density at radius 3 is 2.85 bits per heavy atom. The van der Waals surface area contributed by atoms with Gasteiger partial charge in [-0.3, -0.25) is 4.68 Å². The van der Waals surface area contributed by atoms with Gasteiger partial charge >= 0.3 is 0 Å². The highest BCUT2D eigenvalue weighted by atomic mass is 15.3. The van der Waals surface area contributed by atoms with Crippen molar-refractivity contribution in [2.75, 3.05) is 13.1 Å². The fourth-order valence-electron chi connectivity index (χ4n) is 3.94. The van der Waals surface area contributed by atoms with Crippen LogP contribution in [-0.4, -0.2) is 35.0 Å². The molecule has 0 bridgehead atoms. The van der Waals surface area contributed by atoms with Crippen molar-refractivity contribution in [2.24, 2.45) is 5.92 Å². The predicted octanol–water partition coefficient (Wildman–Crippen LogP) is 2.17. The molecule has 2 N–H and O–H groups in total. The first-order valence-electron chi connectivity index (χ1n) is 8.38. The first-order chi connectivity index (χ1) is 9.93. The van der Waals surface area contributed by atoms with E-state index in [2.05, 4.69) is 15.7 Å². The maximum absolute atomic E-state index is 4.27. The number of rotatable bonds is 5. The Bertz CT molecular complexity index is 370. The van der Waals surface area contributed by atoms with Gasteiger partial charge in [-0.25, -0.2) is 0 Å². The number of piperidine rings is 1. The van der Waals surface area contributed by atoms with E-state index in [0.717, 1.165) is 25.0 Å². The molecule has 3 atom stereocenters. The fourth-order valence-corrected chi connectivity index (χ4v) is 3.94. The molecule has 1 aromatic heterocycles. The normalized spacial score (nSPS) is 31.3. The molecule has 1 saturated carbocycles. The van der Waals surface area contributed by atoms with Crippen LogP contribution in [0.2, 0.25) is 0 Å². The molecule has 2 aliphatic rings. The number of nitrogens with one attached hydrogen (secondary N) is 2. The van der Waals surface area contributed by atoms with Gasteiger partial charge in [-0.15, -0.1) is 0 Å². The lowest BCUT2D eigenvalue weighted by Gasteiger charge is -2.40. The largest absolute Gasteiger partial charge is 0.314 e. The van der Waals surface area contributed by atoms with Crippen LogP contribution < -0.4 is 10.6 Å². The summed E-state index contributed by atoms with van der Waals surface area (Å²) in [5.41, 5.74) is 0. The molecule has 1 aliphatic carbocycles. The van der Waals surface area contributed by atoms with Crippen molar-refractivity contribution in [3.8, 4) is 0 Å². The molecule has 0 radical (unpaired) electrons. The number of aromatic nitrogens is 2. The van der Waals surface area contributed by atoms with Crippen LogP contribution in [-0.2, 0) is 6.54 Å². The molecule has 4 nitrogen and oxygen atoms in total. The molecule has 1 aromatic rings. The van der Waals surface area contributed by atoms with E-state index in [1.807, 2.05) is 23.1 Å². The number of hydrogen-bond donors (Lipinski definition) is 2. The second-order valence-corrected chi connectivity index (χ2v) is 6.33. The highest BCUT2D eigenvalue weighted by molar-refractivity contribution is 4.90. The van der Waals surface area contributed by atoms with E-state index >= 15 is 0 Å². The standard InChI is InChI=1S/C16H28N4/c1-2-7-16(18-11-13-20-12-5-10-19-20)14(6-1)15-8-3-4-9-17-15/h5,10,12,14-18H,1-4,6-9,11,13H2. The minimum atomic E-state index is 0.704. The van der Waals surface area contributed by atoms with Crippen LogP contribution in [0.1, 0.15) is 44.9 Å². The summed E-state index contributed by atoms with van der Waals surface area (Å²) in [7, 11) is 0. The van der Waals surface area contributed by atoms with Crippen molar-refractivity contribution in [3.63, 3.8) is 0 Å². The molecule has 4 heteroatoms. The fraction of sp³-hybridized carbons (Fsp3) is 0.812. The summed E-state index contributed by atoms with van der Waals surface area (Å²) in [5, 5.41) is 11.8. The molecule has 3 unspecified atom stereocenters. The maximum Gasteiger partial charge on any atom is 0.0534 e. The van der Waals surface area contributed by atoms with Gasteiger partial charge in [-0.2, -0.15) is 5.10 Å². The summed E-state index contributed by atoms with van der Waals surface area (Å²) >= 11 is 0. The third-order valence-corrected chi connectivity index (χ3v) is 4.99. The zero-order chi connectivity index (χ0) is 13.6. The summed E-state index contributed by atoms with van der Waals surface area (Å²) in [6.45, 7) is 3.24. The third kappa shape index (κ3) is 3.61. The lowest BCUT2D eigenvalue weighted by atomic mass is 9.77. The summed E-state index contributed by atoms with van der Waals surface area (Å²) in [6, 6.07) is 3.45. The van der Waals surface area contributed by atoms with Gasteiger partial charge in [0.1, 0.15) is 0 Å². The van der Waals surface area contributed by atoms with Gasteiger partial charge in [-0.05, 0) is 44.2 Å². The molecule has 0 spiro atoms. The van der Waals surface area contributed by atoms with Crippen LogP contribution in [0.15, 0.2) is 18.5 Å². The van der Waals surface area contributed by atoms with Crippen LogP contribution in [0.3, 0.4) is 0 Å². The molecule has 112 valence electrons. The Labute approximate surface area is 122 Å². The van der Waals surface area contributed by atoms with Crippen LogP contribution >= 0.6 is 0 Å². The molecule has 2 fully saturated rings. The topological polar surface area (TPSA) is 41.9 Å². The Morgan fingerprint density at radius 1 is 1.15 bits per heavy atom. The van der Waals surface area contributed by atoms with Crippen LogP contribution in [0.4, 0.5) is 0 Å². The van der Waals surface area contributed by atoms with Gasteiger partial charge in [0.15, 0.2) is 0 Å². The van der Waals surface area contributed by atoms with Gasteiger partial charge < -0.3 is 10.6 Å². The second kappa shape index (κ2) is 7.23. The Balaban J connectivity index is 1.49. The molecule has 0 amide bonds. The van der Waals surface area contributed by atoms with Crippen molar-refractivity contribution in [1.82, 2.24) is 20.4 Å². The summed E-state index contributed by atoms with van der Waals surface area (Å²) in [4.78, 5) is 0. The Kier molecular flexibility index (Phi) is 5.09. The zero-order valence-electron chi connectivity index (χ0n) is 12.4. The third-order valence-electron chi connectivity index (χ3n) is 4.99. The van der Waals surface area contributed by atoms with Crippen LogP contribution in [0.5, 0.6) is 0 Å². The van der Waals surface area contributed by atoms with E-state index in [-0.39, 0.29) is 0 Å². The minimum Gasteiger partial charge on any atom is -0.314 e. The molecule has 0 aromatic carbocycles. The van der Waals surface area contributed by atoms with Gasteiger partial charge in [-0.1, -0.05) is 19.3 Å². The van der Waals surface area contributed by atoms with Crippen molar-refractivity contribution < 1.29 is 0 Å². The predicted molar refractivity (Wildman–Crippen MR) is 81.6 cm³/mol. The molecular weight excluding hydrogens is 248 g/mol. The SMILES string of the molecule is c1cnn(CCNC2CCCCC2C2CCCCN2)c1. The van der Waals surface area contributed by atoms with E-state index < -0.39 is 0 Å². The Hall–Kier alpha value is -0.870. The Morgan fingerprint density at radius 2 is 2.05 bits per heavy atom. The maximum atomic E-state index is 4.27.